The quantitative estimate of drug-likeness (QED) is 0.845. The van der Waals surface area contributed by atoms with Gasteiger partial charge in [0.25, 0.3) is 0 Å². The molecule has 1 aromatic rings. The summed E-state index contributed by atoms with van der Waals surface area (Å²) in [5, 5.41) is 3.30. The Kier molecular flexibility index (Phi) is 3.88. The van der Waals surface area contributed by atoms with Gasteiger partial charge >= 0.3 is 0 Å². The first-order valence-electron chi connectivity index (χ1n) is 6.32. The van der Waals surface area contributed by atoms with E-state index < -0.39 is 0 Å². The monoisotopic (exact) mass is 219 g/mol. The number of hydrogen-bond acceptors (Lipinski definition) is 3. The third-order valence-corrected chi connectivity index (χ3v) is 3.35. The Morgan fingerprint density at radius 2 is 2.31 bits per heavy atom. The van der Waals surface area contributed by atoms with E-state index in [0.29, 0.717) is 5.92 Å². The van der Waals surface area contributed by atoms with Crippen molar-refractivity contribution in [3.8, 4) is 0 Å². The number of nitrogens with zero attached hydrogens (tertiary/aromatic N) is 2. The van der Waals surface area contributed by atoms with Crippen molar-refractivity contribution in [1.29, 1.82) is 0 Å². The zero-order chi connectivity index (χ0) is 11.4. The molecule has 0 bridgehead atoms. The van der Waals surface area contributed by atoms with Crippen LogP contribution in [-0.4, -0.2) is 16.5 Å². The van der Waals surface area contributed by atoms with Crippen LogP contribution in [0.2, 0.25) is 0 Å². The third-order valence-electron chi connectivity index (χ3n) is 3.35. The van der Waals surface area contributed by atoms with Crippen molar-refractivity contribution in [3.05, 3.63) is 23.8 Å². The molecule has 1 heterocycles. The number of nitrogens with one attached hydrogen (secondary N) is 1. The number of aromatic nitrogens is 2. The van der Waals surface area contributed by atoms with Gasteiger partial charge in [0, 0.05) is 18.7 Å². The highest BCUT2D eigenvalue weighted by molar-refractivity contribution is 5.07. The molecule has 1 aliphatic rings. The number of rotatable bonds is 4. The molecular weight excluding hydrogens is 198 g/mol. The van der Waals surface area contributed by atoms with Crippen molar-refractivity contribution in [2.45, 2.75) is 45.6 Å². The van der Waals surface area contributed by atoms with Gasteiger partial charge in [-0.2, -0.15) is 0 Å². The summed E-state index contributed by atoms with van der Waals surface area (Å²) in [6.07, 6.45) is 5.74. The molecule has 3 heteroatoms. The second-order valence-electron chi connectivity index (χ2n) is 4.80. The molecule has 1 saturated carbocycles. The van der Waals surface area contributed by atoms with E-state index in [2.05, 4.69) is 29.1 Å². The van der Waals surface area contributed by atoms with Gasteiger partial charge in [0.15, 0.2) is 0 Å². The molecule has 0 aliphatic heterocycles. The minimum absolute atomic E-state index is 0.594. The van der Waals surface area contributed by atoms with Crippen LogP contribution in [0.25, 0.3) is 0 Å². The molecule has 16 heavy (non-hydrogen) atoms. The van der Waals surface area contributed by atoms with Gasteiger partial charge in [-0.1, -0.05) is 13.8 Å². The SMILES string of the molecule is CCNCc1ccnc(C2CCC(C)C2)n1. The highest BCUT2D eigenvalue weighted by Crippen LogP contribution is 2.36. The van der Waals surface area contributed by atoms with E-state index in [1.54, 1.807) is 0 Å². The summed E-state index contributed by atoms with van der Waals surface area (Å²) in [4.78, 5) is 9.08. The summed E-state index contributed by atoms with van der Waals surface area (Å²) in [6.45, 7) is 6.28. The van der Waals surface area contributed by atoms with Gasteiger partial charge in [-0.25, -0.2) is 9.97 Å². The van der Waals surface area contributed by atoms with Crippen LogP contribution in [-0.2, 0) is 6.54 Å². The lowest BCUT2D eigenvalue weighted by Crippen LogP contribution is -2.14. The van der Waals surface area contributed by atoms with Crippen molar-refractivity contribution in [2.24, 2.45) is 5.92 Å². The molecule has 2 unspecified atom stereocenters. The zero-order valence-electron chi connectivity index (χ0n) is 10.2. The zero-order valence-corrected chi connectivity index (χ0v) is 10.2. The molecule has 1 aromatic heterocycles. The Balaban J connectivity index is 2.04. The largest absolute Gasteiger partial charge is 0.311 e. The molecule has 0 spiro atoms. The Morgan fingerprint density at radius 3 is 3.00 bits per heavy atom. The Labute approximate surface area is 97.7 Å². The fourth-order valence-electron chi connectivity index (χ4n) is 2.40. The normalized spacial score (nSPS) is 24.9. The molecule has 1 fully saturated rings. The van der Waals surface area contributed by atoms with E-state index in [-0.39, 0.29) is 0 Å². The molecule has 2 rings (SSSR count). The summed E-state index contributed by atoms with van der Waals surface area (Å²) < 4.78 is 0. The summed E-state index contributed by atoms with van der Waals surface area (Å²) in [5.41, 5.74) is 1.12. The third kappa shape index (κ3) is 2.79. The van der Waals surface area contributed by atoms with Gasteiger partial charge in [0.05, 0.1) is 5.69 Å². The average Bonchev–Trinajstić information content (AvgIpc) is 2.74. The van der Waals surface area contributed by atoms with E-state index in [1.165, 1.54) is 19.3 Å². The van der Waals surface area contributed by atoms with E-state index in [4.69, 9.17) is 0 Å². The van der Waals surface area contributed by atoms with Gasteiger partial charge in [-0.3, -0.25) is 0 Å². The highest BCUT2D eigenvalue weighted by atomic mass is 14.9. The Hall–Kier alpha value is -0.960. The van der Waals surface area contributed by atoms with E-state index in [9.17, 15) is 0 Å². The van der Waals surface area contributed by atoms with Crippen molar-refractivity contribution in [1.82, 2.24) is 15.3 Å². The molecule has 3 nitrogen and oxygen atoms in total. The van der Waals surface area contributed by atoms with Gasteiger partial charge in [0.1, 0.15) is 5.82 Å². The first-order chi connectivity index (χ1) is 7.79. The molecule has 0 saturated heterocycles. The van der Waals surface area contributed by atoms with Crippen molar-refractivity contribution in [2.75, 3.05) is 6.54 Å². The molecule has 0 amide bonds. The predicted molar refractivity (Wildman–Crippen MR) is 65.2 cm³/mol. The minimum Gasteiger partial charge on any atom is -0.311 e. The van der Waals surface area contributed by atoms with Gasteiger partial charge < -0.3 is 5.32 Å². The molecule has 1 N–H and O–H groups in total. The van der Waals surface area contributed by atoms with Crippen LogP contribution in [0, 0.1) is 5.92 Å². The Morgan fingerprint density at radius 1 is 1.44 bits per heavy atom. The minimum atomic E-state index is 0.594. The summed E-state index contributed by atoms with van der Waals surface area (Å²) in [6, 6.07) is 2.00. The summed E-state index contributed by atoms with van der Waals surface area (Å²) in [7, 11) is 0. The van der Waals surface area contributed by atoms with Crippen molar-refractivity contribution >= 4 is 0 Å². The van der Waals surface area contributed by atoms with Crippen LogP contribution in [0.4, 0.5) is 0 Å². The molecule has 1 aliphatic carbocycles. The fraction of sp³-hybridized carbons (Fsp3) is 0.692. The van der Waals surface area contributed by atoms with Gasteiger partial charge in [0.2, 0.25) is 0 Å². The summed E-state index contributed by atoms with van der Waals surface area (Å²) >= 11 is 0. The van der Waals surface area contributed by atoms with Crippen LogP contribution in [0.3, 0.4) is 0 Å². The van der Waals surface area contributed by atoms with E-state index >= 15 is 0 Å². The molecule has 0 radical (unpaired) electrons. The number of hydrogen-bond donors (Lipinski definition) is 1. The molecule has 0 aromatic carbocycles. The van der Waals surface area contributed by atoms with Crippen LogP contribution < -0.4 is 5.32 Å². The predicted octanol–water partition coefficient (Wildman–Crippen LogP) is 2.49. The molecule has 2 atom stereocenters. The van der Waals surface area contributed by atoms with E-state index in [0.717, 1.165) is 30.5 Å². The maximum atomic E-state index is 4.65. The smallest absolute Gasteiger partial charge is 0.131 e. The first kappa shape index (κ1) is 11.5. The van der Waals surface area contributed by atoms with Gasteiger partial charge in [-0.15, -0.1) is 0 Å². The first-order valence-corrected chi connectivity index (χ1v) is 6.32. The Bertz CT molecular complexity index is 338. The van der Waals surface area contributed by atoms with Crippen LogP contribution in [0.1, 0.15) is 50.5 Å². The van der Waals surface area contributed by atoms with Gasteiger partial charge in [-0.05, 0) is 37.8 Å². The van der Waals surface area contributed by atoms with Crippen LogP contribution >= 0.6 is 0 Å². The van der Waals surface area contributed by atoms with Crippen LogP contribution in [0.5, 0.6) is 0 Å². The fourth-order valence-corrected chi connectivity index (χ4v) is 2.40. The standard InChI is InChI=1S/C13H21N3/c1-3-14-9-12-6-7-15-13(16-12)11-5-4-10(2)8-11/h6-7,10-11,14H,3-5,8-9H2,1-2H3. The summed E-state index contributed by atoms with van der Waals surface area (Å²) in [5.74, 6) is 2.49. The molecule has 88 valence electrons. The average molecular weight is 219 g/mol. The van der Waals surface area contributed by atoms with Crippen LogP contribution in [0.15, 0.2) is 12.3 Å². The lowest BCUT2D eigenvalue weighted by Gasteiger charge is -2.09. The van der Waals surface area contributed by atoms with Crippen molar-refractivity contribution in [3.63, 3.8) is 0 Å². The highest BCUT2D eigenvalue weighted by Gasteiger charge is 2.24. The lowest BCUT2D eigenvalue weighted by atomic mass is 10.1. The van der Waals surface area contributed by atoms with Crippen molar-refractivity contribution < 1.29 is 0 Å². The topological polar surface area (TPSA) is 37.8 Å². The maximum absolute atomic E-state index is 4.65. The lowest BCUT2D eigenvalue weighted by molar-refractivity contribution is 0.582. The molecular formula is C13H21N3. The maximum Gasteiger partial charge on any atom is 0.131 e. The second-order valence-corrected chi connectivity index (χ2v) is 4.80. The second kappa shape index (κ2) is 5.39. The van der Waals surface area contributed by atoms with E-state index in [1.807, 2.05) is 12.3 Å².